The van der Waals surface area contributed by atoms with E-state index in [2.05, 4.69) is 10.3 Å². The average Bonchev–Trinajstić information content (AvgIpc) is 2.31. The maximum atomic E-state index is 10.6. The summed E-state index contributed by atoms with van der Waals surface area (Å²) < 4.78 is 10.1. The van der Waals surface area contributed by atoms with Gasteiger partial charge in [-0.1, -0.05) is 13.8 Å². The zero-order valence-corrected chi connectivity index (χ0v) is 10.3. The van der Waals surface area contributed by atoms with Crippen molar-refractivity contribution in [3.8, 4) is 0 Å². The number of rotatable bonds is 5. The van der Waals surface area contributed by atoms with Gasteiger partial charge in [0.2, 0.25) is 0 Å². The van der Waals surface area contributed by atoms with Crippen molar-refractivity contribution in [2.45, 2.75) is 26.9 Å². The van der Waals surface area contributed by atoms with Crippen molar-refractivity contribution < 1.29 is 14.3 Å². The van der Waals surface area contributed by atoms with E-state index in [1.165, 1.54) is 6.92 Å². The Hall–Kier alpha value is -1.36. The van der Waals surface area contributed by atoms with Gasteiger partial charge in [0, 0.05) is 12.3 Å². The Kier molecular flexibility index (Phi) is 8.15. The van der Waals surface area contributed by atoms with Gasteiger partial charge < -0.3 is 14.8 Å². The first-order valence-corrected chi connectivity index (χ1v) is 5.33. The predicted octanol–water partition coefficient (Wildman–Crippen LogP) is 1.11. The molecule has 0 aromatic carbocycles. The Bertz CT molecular complexity index is 262. The van der Waals surface area contributed by atoms with Gasteiger partial charge in [0.25, 0.3) is 0 Å². The summed E-state index contributed by atoms with van der Waals surface area (Å²) in [5.41, 5.74) is 0. The van der Waals surface area contributed by atoms with Crippen molar-refractivity contribution in [2.24, 2.45) is 4.99 Å². The van der Waals surface area contributed by atoms with E-state index in [-0.39, 0.29) is 18.6 Å². The molecule has 1 rings (SSSR count). The lowest BCUT2D eigenvalue weighted by molar-refractivity contribution is -0.121. The van der Waals surface area contributed by atoms with Gasteiger partial charge in [0.1, 0.15) is 12.8 Å². The van der Waals surface area contributed by atoms with Crippen LogP contribution in [-0.4, -0.2) is 38.5 Å². The lowest BCUT2D eigenvalue weighted by Gasteiger charge is -2.19. The number of hydrogen-bond donors (Lipinski definition) is 1. The van der Waals surface area contributed by atoms with E-state index in [1.54, 1.807) is 19.4 Å². The molecule has 1 heterocycles. The maximum absolute atomic E-state index is 10.6. The third-order valence-corrected chi connectivity index (χ3v) is 1.60. The first-order valence-electron chi connectivity index (χ1n) is 5.33. The van der Waals surface area contributed by atoms with Gasteiger partial charge >= 0.3 is 0 Å². The van der Waals surface area contributed by atoms with Crippen molar-refractivity contribution >= 4 is 12.0 Å². The third kappa shape index (κ3) is 6.19. The van der Waals surface area contributed by atoms with E-state index < -0.39 is 0 Å². The number of carbonyl (C=O) groups excluding carboxylic acids is 1. The molecule has 0 fully saturated rings. The minimum absolute atomic E-state index is 0.00676. The maximum Gasteiger partial charge on any atom is 0.189 e. The molecule has 0 amide bonds. The third-order valence-electron chi connectivity index (χ3n) is 1.60. The molecule has 1 atom stereocenters. The number of carbonyl (C=O) groups is 1. The summed E-state index contributed by atoms with van der Waals surface area (Å²) in [4.78, 5) is 14.7. The van der Waals surface area contributed by atoms with Gasteiger partial charge in [-0.3, -0.25) is 9.79 Å². The highest BCUT2D eigenvalue weighted by molar-refractivity contribution is 5.76. The smallest absolute Gasteiger partial charge is 0.189 e. The standard InChI is InChI=1S/C9H14N2O3.C2H6/c1-7(12)5-14-6-8-10-4-3-9(11-8)13-2;1-2/h3-4,8,11H,5-6H2,1-2H3;1-2H3. The molecule has 1 aliphatic rings. The normalized spacial score (nSPS) is 17.8. The highest BCUT2D eigenvalue weighted by Gasteiger charge is 2.11. The minimum Gasteiger partial charge on any atom is -0.482 e. The van der Waals surface area contributed by atoms with Crippen LogP contribution in [0, 0.1) is 0 Å². The molecule has 1 unspecified atom stereocenters. The lowest BCUT2D eigenvalue weighted by atomic mass is 10.4. The first-order chi connectivity index (χ1) is 7.72. The molecule has 0 aliphatic carbocycles. The highest BCUT2D eigenvalue weighted by atomic mass is 16.5. The summed E-state index contributed by atoms with van der Waals surface area (Å²) in [5, 5.41) is 2.98. The van der Waals surface area contributed by atoms with Gasteiger partial charge in [-0.25, -0.2) is 0 Å². The van der Waals surface area contributed by atoms with E-state index in [4.69, 9.17) is 9.47 Å². The Morgan fingerprint density at radius 3 is 2.81 bits per heavy atom. The number of methoxy groups -OCH3 is 1. The molecule has 5 heteroatoms. The second-order valence-electron chi connectivity index (χ2n) is 2.91. The van der Waals surface area contributed by atoms with Crippen LogP contribution in [-0.2, 0) is 14.3 Å². The van der Waals surface area contributed by atoms with Crippen LogP contribution in [0.15, 0.2) is 17.0 Å². The molecule has 0 aromatic heterocycles. The van der Waals surface area contributed by atoms with Crippen LogP contribution < -0.4 is 5.32 Å². The number of nitrogens with one attached hydrogen (secondary N) is 1. The van der Waals surface area contributed by atoms with E-state index in [0.717, 1.165) is 0 Å². The number of nitrogens with zero attached hydrogens (tertiary/aromatic N) is 1. The predicted molar refractivity (Wildman–Crippen MR) is 63.4 cm³/mol. The number of allylic oxidation sites excluding steroid dienone is 1. The molecule has 0 bridgehead atoms. The van der Waals surface area contributed by atoms with Crippen LogP contribution in [0.25, 0.3) is 0 Å². The van der Waals surface area contributed by atoms with Gasteiger partial charge in [0.15, 0.2) is 11.7 Å². The molecular formula is C11H20N2O3. The fourth-order valence-electron chi connectivity index (χ4n) is 0.990. The van der Waals surface area contributed by atoms with E-state index in [1.807, 2.05) is 13.8 Å². The molecule has 16 heavy (non-hydrogen) atoms. The Balaban J connectivity index is 0.00000106. The molecule has 1 aliphatic heterocycles. The Labute approximate surface area is 96.5 Å². The number of hydrogen-bond acceptors (Lipinski definition) is 5. The Morgan fingerprint density at radius 2 is 2.25 bits per heavy atom. The molecule has 0 aromatic rings. The number of Topliss-reactive ketones (excluding diaryl/α,β-unsaturated/α-hetero) is 1. The van der Waals surface area contributed by atoms with Crippen LogP contribution in [0.4, 0.5) is 0 Å². The summed E-state index contributed by atoms with van der Waals surface area (Å²) in [6.07, 6.45) is 3.20. The van der Waals surface area contributed by atoms with E-state index in [9.17, 15) is 4.79 Å². The number of aliphatic imine (C=N–C) groups is 1. The second-order valence-corrected chi connectivity index (χ2v) is 2.91. The molecule has 5 nitrogen and oxygen atoms in total. The van der Waals surface area contributed by atoms with Gasteiger partial charge in [0.05, 0.1) is 13.7 Å². The lowest BCUT2D eigenvalue weighted by Crippen LogP contribution is -2.34. The zero-order valence-electron chi connectivity index (χ0n) is 10.3. The van der Waals surface area contributed by atoms with Crippen LogP contribution in [0.1, 0.15) is 20.8 Å². The first kappa shape index (κ1) is 14.6. The SMILES string of the molecule is CC.COC1=CC=NC(COCC(C)=O)N1. The molecular weight excluding hydrogens is 208 g/mol. The van der Waals surface area contributed by atoms with Crippen LogP contribution in [0.3, 0.4) is 0 Å². The molecule has 0 spiro atoms. The van der Waals surface area contributed by atoms with Gasteiger partial charge in [-0.05, 0) is 6.92 Å². The molecule has 0 radical (unpaired) electrons. The van der Waals surface area contributed by atoms with Gasteiger partial charge in [-0.2, -0.15) is 0 Å². The monoisotopic (exact) mass is 228 g/mol. The molecule has 92 valence electrons. The van der Waals surface area contributed by atoms with Crippen molar-refractivity contribution in [3.05, 3.63) is 12.0 Å². The topological polar surface area (TPSA) is 59.9 Å². The zero-order chi connectivity index (χ0) is 12.4. The van der Waals surface area contributed by atoms with Crippen LogP contribution >= 0.6 is 0 Å². The summed E-state index contributed by atoms with van der Waals surface area (Å²) in [6.45, 7) is 5.97. The van der Waals surface area contributed by atoms with Crippen molar-refractivity contribution in [3.63, 3.8) is 0 Å². The quantitative estimate of drug-likeness (QED) is 0.765. The van der Waals surface area contributed by atoms with Crippen molar-refractivity contribution in [2.75, 3.05) is 20.3 Å². The summed E-state index contributed by atoms with van der Waals surface area (Å²) in [7, 11) is 1.57. The summed E-state index contributed by atoms with van der Waals surface area (Å²) >= 11 is 0. The second kappa shape index (κ2) is 8.91. The summed E-state index contributed by atoms with van der Waals surface area (Å²) in [6, 6.07) is 0. The average molecular weight is 228 g/mol. The molecule has 1 N–H and O–H groups in total. The number of ketones is 1. The fraction of sp³-hybridized carbons (Fsp3) is 0.636. The van der Waals surface area contributed by atoms with Crippen LogP contribution in [0.2, 0.25) is 0 Å². The van der Waals surface area contributed by atoms with E-state index in [0.29, 0.717) is 12.5 Å². The van der Waals surface area contributed by atoms with Gasteiger partial charge in [-0.15, -0.1) is 0 Å². The molecule has 0 saturated heterocycles. The minimum atomic E-state index is -0.172. The van der Waals surface area contributed by atoms with E-state index >= 15 is 0 Å². The van der Waals surface area contributed by atoms with Crippen molar-refractivity contribution in [1.29, 1.82) is 0 Å². The van der Waals surface area contributed by atoms with Crippen LogP contribution in [0.5, 0.6) is 0 Å². The highest BCUT2D eigenvalue weighted by Crippen LogP contribution is 2.00. The molecule has 0 saturated carbocycles. The fourth-order valence-corrected chi connectivity index (χ4v) is 0.990. The number of ether oxygens (including phenoxy) is 2. The summed E-state index contributed by atoms with van der Waals surface area (Å²) in [5.74, 6) is 0.656. The largest absolute Gasteiger partial charge is 0.482 e. The Morgan fingerprint density at radius 1 is 1.56 bits per heavy atom. The van der Waals surface area contributed by atoms with Crippen molar-refractivity contribution in [1.82, 2.24) is 5.32 Å².